The molecule has 1 heterocycles. The molecule has 0 aromatic heterocycles. The van der Waals surface area contributed by atoms with Gasteiger partial charge in [0, 0.05) is 32.0 Å². The molecule has 0 radical (unpaired) electrons. The Hall–Kier alpha value is -1.79. The van der Waals surface area contributed by atoms with Crippen LogP contribution in [0.25, 0.3) is 0 Å². The van der Waals surface area contributed by atoms with Crippen molar-refractivity contribution in [3.05, 3.63) is 74.4 Å². The number of halogens is 3. The van der Waals surface area contributed by atoms with Gasteiger partial charge in [-0.25, -0.2) is 0 Å². The predicted octanol–water partition coefficient (Wildman–Crippen LogP) is 5.08. The van der Waals surface area contributed by atoms with Crippen molar-refractivity contribution in [3.63, 3.8) is 0 Å². The summed E-state index contributed by atoms with van der Waals surface area (Å²) in [5, 5.41) is 10.7. The Morgan fingerprint density at radius 2 is 1.77 bits per heavy atom. The molecular weight excluding hydrogens is 413 g/mol. The topological polar surface area (TPSA) is 53.2 Å². The standard InChI is InChI=1S/C18H14Cl3N3OS/c1-9-14(17(25)23-11-5-2-4-10(19)8-11)16(24-18(26)22-9)15-12(20)6-3-7-13(15)21/h2-8,16H,1H3,(H,23,25)(H2,22,24,26). The zero-order chi connectivity index (χ0) is 18.8. The summed E-state index contributed by atoms with van der Waals surface area (Å²) < 4.78 is 0. The molecule has 0 saturated heterocycles. The number of carbonyl (C=O) groups excluding carboxylic acids is 1. The number of nitrogens with one attached hydrogen (secondary N) is 3. The molecule has 2 aromatic carbocycles. The van der Waals surface area contributed by atoms with Gasteiger partial charge < -0.3 is 16.0 Å². The highest BCUT2D eigenvalue weighted by Gasteiger charge is 2.32. The molecule has 26 heavy (non-hydrogen) atoms. The fraction of sp³-hybridized carbons (Fsp3) is 0.111. The van der Waals surface area contributed by atoms with Crippen LogP contribution < -0.4 is 16.0 Å². The van der Waals surface area contributed by atoms with Crippen molar-refractivity contribution in [2.45, 2.75) is 13.0 Å². The van der Waals surface area contributed by atoms with Crippen molar-refractivity contribution in [2.75, 3.05) is 5.32 Å². The Balaban J connectivity index is 2.02. The van der Waals surface area contributed by atoms with Gasteiger partial charge >= 0.3 is 0 Å². The van der Waals surface area contributed by atoms with Crippen LogP contribution in [0.2, 0.25) is 15.1 Å². The van der Waals surface area contributed by atoms with E-state index in [1.165, 1.54) is 0 Å². The van der Waals surface area contributed by atoms with Gasteiger partial charge in [0.05, 0.1) is 11.6 Å². The largest absolute Gasteiger partial charge is 0.351 e. The molecule has 3 N–H and O–H groups in total. The third-order valence-corrected chi connectivity index (χ3v) is 5.00. The normalized spacial score (nSPS) is 16.8. The summed E-state index contributed by atoms with van der Waals surface area (Å²) >= 11 is 23.9. The lowest BCUT2D eigenvalue weighted by Crippen LogP contribution is -2.46. The second-order valence-corrected chi connectivity index (χ2v) is 7.33. The van der Waals surface area contributed by atoms with Crippen LogP contribution in [-0.4, -0.2) is 11.0 Å². The van der Waals surface area contributed by atoms with E-state index in [2.05, 4.69) is 16.0 Å². The van der Waals surface area contributed by atoms with Crippen LogP contribution in [-0.2, 0) is 4.79 Å². The Labute approximate surface area is 171 Å². The molecule has 4 nitrogen and oxygen atoms in total. The van der Waals surface area contributed by atoms with Crippen LogP contribution in [0.4, 0.5) is 5.69 Å². The molecule has 0 aliphatic carbocycles. The van der Waals surface area contributed by atoms with E-state index in [-0.39, 0.29) is 5.91 Å². The quantitative estimate of drug-likeness (QED) is 0.599. The van der Waals surface area contributed by atoms with Gasteiger partial charge in [-0.1, -0.05) is 46.9 Å². The van der Waals surface area contributed by atoms with Gasteiger partial charge in [0.15, 0.2) is 5.11 Å². The SMILES string of the molecule is CC1=C(C(=O)Nc2cccc(Cl)c2)C(c2c(Cl)cccc2Cl)NC(=S)N1. The number of benzene rings is 2. The minimum Gasteiger partial charge on any atom is -0.351 e. The van der Waals surface area contributed by atoms with Gasteiger partial charge in [0.25, 0.3) is 5.91 Å². The van der Waals surface area contributed by atoms with E-state index in [0.29, 0.717) is 42.7 Å². The maximum atomic E-state index is 13.0. The molecule has 3 rings (SSSR count). The number of thiocarbonyl (C=S) groups is 1. The molecular formula is C18H14Cl3N3OS. The minimum absolute atomic E-state index is 0.312. The van der Waals surface area contributed by atoms with Gasteiger partial charge in [-0.3, -0.25) is 4.79 Å². The van der Waals surface area contributed by atoms with E-state index in [1.54, 1.807) is 49.4 Å². The first-order valence-corrected chi connectivity index (χ1v) is 9.20. The van der Waals surface area contributed by atoms with Crippen LogP contribution in [0.15, 0.2) is 53.7 Å². The smallest absolute Gasteiger partial charge is 0.255 e. The Morgan fingerprint density at radius 1 is 1.12 bits per heavy atom. The fourth-order valence-electron chi connectivity index (χ4n) is 2.76. The van der Waals surface area contributed by atoms with Crippen LogP contribution >= 0.6 is 47.0 Å². The molecule has 0 bridgehead atoms. The molecule has 134 valence electrons. The predicted molar refractivity (Wildman–Crippen MR) is 111 cm³/mol. The maximum Gasteiger partial charge on any atom is 0.255 e. The summed E-state index contributed by atoms with van der Waals surface area (Å²) in [4.78, 5) is 13.0. The first-order valence-electron chi connectivity index (χ1n) is 7.66. The molecule has 1 aliphatic heterocycles. The average molecular weight is 427 g/mol. The second-order valence-electron chi connectivity index (χ2n) is 5.67. The highest BCUT2D eigenvalue weighted by atomic mass is 35.5. The first-order chi connectivity index (χ1) is 12.4. The lowest BCUT2D eigenvalue weighted by Gasteiger charge is -2.31. The van der Waals surface area contributed by atoms with Crippen molar-refractivity contribution in [1.29, 1.82) is 0 Å². The van der Waals surface area contributed by atoms with E-state index < -0.39 is 6.04 Å². The molecule has 0 spiro atoms. The monoisotopic (exact) mass is 425 g/mol. The van der Waals surface area contributed by atoms with Crippen LogP contribution in [0.1, 0.15) is 18.5 Å². The Bertz CT molecular complexity index is 909. The zero-order valence-corrected chi connectivity index (χ0v) is 16.7. The van der Waals surface area contributed by atoms with Crippen LogP contribution in [0.3, 0.4) is 0 Å². The summed E-state index contributed by atoms with van der Waals surface area (Å²) in [7, 11) is 0. The number of hydrogen-bond acceptors (Lipinski definition) is 2. The molecule has 1 atom stereocenters. The number of allylic oxidation sites excluding steroid dienone is 1. The number of hydrogen-bond donors (Lipinski definition) is 3. The Morgan fingerprint density at radius 3 is 2.42 bits per heavy atom. The summed E-state index contributed by atoms with van der Waals surface area (Å²) in [5.41, 5.74) is 2.23. The van der Waals surface area contributed by atoms with Crippen LogP contribution in [0.5, 0.6) is 0 Å². The molecule has 1 aliphatic rings. The Kier molecular flexibility index (Phi) is 5.73. The van der Waals surface area contributed by atoms with E-state index in [9.17, 15) is 4.79 Å². The molecule has 0 fully saturated rings. The number of rotatable bonds is 3. The van der Waals surface area contributed by atoms with Crippen molar-refractivity contribution in [2.24, 2.45) is 0 Å². The highest BCUT2D eigenvalue weighted by Crippen LogP contribution is 2.36. The number of anilines is 1. The van der Waals surface area contributed by atoms with E-state index in [1.807, 2.05) is 0 Å². The molecule has 8 heteroatoms. The van der Waals surface area contributed by atoms with Crippen LogP contribution in [0, 0.1) is 0 Å². The van der Waals surface area contributed by atoms with Gasteiger partial charge in [-0.2, -0.15) is 0 Å². The fourth-order valence-corrected chi connectivity index (χ4v) is 3.84. The van der Waals surface area contributed by atoms with Crippen molar-refractivity contribution >= 4 is 63.7 Å². The zero-order valence-electron chi connectivity index (χ0n) is 13.6. The summed E-state index contributed by atoms with van der Waals surface area (Å²) in [6.07, 6.45) is 0. The number of carbonyl (C=O) groups is 1. The van der Waals surface area contributed by atoms with Gasteiger partial charge in [-0.15, -0.1) is 0 Å². The number of amides is 1. The van der Waals surface area contributed by atoms with Crippen molar-refractivity contribution in [3.8, 4) is 0 Å². The van der Waals surface area contributed by atoms with Crippen molar-refractivity contribution in [1.82, 2.24) is 10.6 Å². The molecule has 2 aromatic rings. The lowest BCUT2D eigenvalue weighted by molar-refractivity contribution is -0.113. The van der Waals surface area contributed by atoms with E-state index in [0.717, 1.165) is 0 Å². The van der Waals surface area contributed by atoms with Gasteiger partial charge in [0.2, 0.25) is 0 Å². The highest BCUT2D eigenvalue weighted by molar-refractivity contribution is 7.80. The first kappa shape index (κ1) is 19.0. The van der Waals surface area contributed by atoms with Gasteiger partial charge in [0.1, 0.15) is 0 Å². The van der Waals surface area contributed by atoms with E-state index >= 15 is 0 Å². The second kappa shape index (κ2) is 7.84. The molecule has 0 saturated carbocycles. The average Bonchev–Trinajstić information content (AvgIpc) is 2.54. The third kappa shape index (κ3) is 3.96. The van der Waals surface area contributed by atoms with E-state index in [4.69, 9.17) is 47.0 Å². The van der Waals surface area contributed by atoms with Gasteiger partial charge in [-0.05, 0) is 49.5 Å². The maximum absolute atomic E-state index is 13.0. The summed E-state index contributed by atoms with van der Waals surface area (Å²) in [6.45, 7) is 1.78. The molecule has 1 amide bonds. The summed E-state index contributed by atoms with van der Waals surface area (Å²) in [6, 6.07) is 11.5. The summed E-state index contributed by atoms with van der Waals surface area (Å²) in [5.74, 6) is -0.312. The molecule has 1 unspecified atom stereocenters. The van der Waals surface area contributed by atoms with Crippen molar-refractivity contribution < 1.29 is 4.79 Å². The lowest BCUT2D eigenvalue weighted by atomic mass is 9.94. The minimum atomic E-state index is -0.580. The third-order valence-electron chi connectivity index (χ3n) is 3.88.